The lowest BCUT2D eigenvalue weighted by Crippen LogP contribution is -2.33. The third-order valence-electron chi connectivity index (χ3n) is 3.29. The van der Waals surface area contributed by atoms with Crippen LogP contribution in [0.4, 0.5) is 15.9 Å². The SMILES string of the molecule is CCCN(CCC)C(=O)c1ccc(Nc2ccccc2F)nn1. The number of hydrogen-bond acceptors (Lipinski definition) is 4. The van der Waals surface area contributed by atoms with Gasteiger partial charge in [-0.3, -0.25) is 4.79 Å². The predicted molar refractivity (Wildman–Crippen MR) is 88.2 cm³/mol. The van der Waals surface area contributed by atoms with Gasteiger partial charge in [0.15, 0.2) is 11.5 Å². The van der Waals surface area contributed by atoms with E-state index in [2.05, 4.69) is 15.5 Å². The standard InChI is InChI=1S/C17H21FN4O/c1-3-11-22(12-4-2)17(23)15-9-10-16(21-20-15)19-14-8-6-5-7-13(14)18/h5-10H,3-4,11-12H2,1-2H3,(H,19,21). The second-order valence-electron chi connectivity index (χ2n) is 5.20. The number of para-hydroxylation sites is 1. The van der Waals surface area contributed by atoms with E-state index in [4.69, 9.17) is 0 Å². The molecule has 0 atom stereocenters. The highest BCUT2D eigenvalue weighted by molar-refractivity contribution is 5.92. The lowest BCUT2D eigenvalue weighted by Gasteiger charge is -2.20. The molecule has 5 nitrogen and oxygen atoms in total. The first-order chi connectivity index (χ1) is 11.2. The Hall–Kier alpha value is -2.50. The molecule has 1 heterocycles. The summed E-state index contributed by atoms with van der Waals surface area (Å²) >= 11 is 0. The summed E-state index contributed by atoms with van der Waals surface area (Å²) in [7, 11) is 0. The van der Waals surface area contributed by atoms with Gasteiger partial charge in [-0.2, -0.15) is 0 Å². The Labute approximate surface area is 135 Å². The zero-order valence-electron chi connectivity index (χ0n) is 13.4. The van der Waals surface area contributed by atoms with Crippen molar-refractivity contribution in [2.45, 2.75) is 26.7 Å². The second kappa shape index (κ2) is 8.22. The number of aromatic nitrogens is 2. The maximum Gasteiger partial charge on any atom is 0.274 e. The smallest absolute Gasteiger partial charge is 0.274 e. The quantitative estimate of drug-likeness (QED) is 0.847. The van der Waals surface area contributed by atoms with Crippen molar-refractivity contribution in [3.8, 4) is 0 Å². The number of carbonyl (C=O) groups is 1. The van der Waals surface area contributed by atoms with Crippen LogP contribution < -0.4 is 5.32 Å². The zero-order chi connectivity index (χ0) is 16.7. The van der Waals surface area contributed by atoms with Gasteiger partial charge in [0.2, 0.25) is 0 Å². The largest absolute Gasteiger partial charge is 0.337 e. The molecule has 1 N–H and O–H groups in total. The lowest BCUT2D eigenvalue weighted by molar-refractivity contribution is 0.0748. The molecule has 0 fully saturated rings. The first-order valence-electron chi connectivity index (χ1n) is 7.80. The molecule has 0 saturated carbocycles. The van der Waals surface area contributed by atoms with Crippen LogP contribution in [0.25, 0.3) is 0 Å². The van der Waals surface area contributed by atoms with E-state index in [-0.39, 0.29) is 11.7 Å². The molecule has 0 saturated heterocycles. The van der Waals surface area contributed by atoms with Gasteiger partial charge in [-0.25, -0.2) is 4.39 Å². The highest BCUT2D eigenvalue weighted by Gasteiger charge is 2.16. The molecular weight excluding hydrogens is 295 g/mol. The van der Waals surface area contributed by atoms with Crippen molar-refractivity contribution in [2.24, 2.45) is 0 Å². The van der Waals surface area contributed by atoms with Crippen LogP contribution in [0.5, 0.6) is 0 Å². The van der Waals surface area contributed by atoms with Gasteiger partial charge in [0.05, 0.1) is 5.69 Å². The van der Waals surface area contributed by atoms with Crippen molar-refractivity contribution in [1.82, 2.24) is 15.1 Å². The third-order valence-corrected chi connectivity index (χ3v) is 3.29. The summed E-state index contributed by atoms with van der Waals surface area (Å²) < 4.78 is 13.6. The molecule has 0 aliphatic heterocycles. The minimum Gasteiger partial charge on any atom is -0.337 e. The lowest BCUT2D eigenvalue weighted by atomic mass is 10.3. The summed E-state index contributed by atoms with van der Waals surface area (Å²) in [5.74, 6) is -0.102. The van der Waals surface area contributed by atoms with Crippen LogP contribution in [0.15, 0.2) is 36.4 Å². The van der Waals surface area contributed by atoms with Gasteiger partial charge < -0.3 is 10.2 Å². The fourth-order valence-electron chi connectivity index (χ4n) is 2.23. The minimum atomic E-state index is -0.369. The van der Waals surface area contributed by atoms with E-state index in [0.717, 1.165) is 12.8 Å². The maximum atomic E-state index is 13.6. The number of nitrogens with zero attached hydrogens (tertiary/aromatic N) is 3. The molecule has 0 spiro atoms. The van der Waals surface area contributed by atoms with Crippen LogP contribution >= 0.6 is 0 Å². The molecule has 0 unspecified atom stereocenters. The summed E-state index contributed by atoms with van der Waals surface area (Å²) in [5, 5.41) is 10.8. The van der Waals surface area contributed by atoms with Crippen LogP contribution in [0.3, 0.4) is 0 Å². The van der Waals surface area contributed by atoms with E-state index in [0.29, 0.717) is 30.3 Å². The van der Waals surface area contributed by atoms with Gasteiger partial charge in [-0.05, 0) is 37.1 Å². The van der Waals surface area contributed by atoms with Crippen molar-refractivity contribution in [3.63, 3.8) is 0 Å². The Bertz CT molecular complexity index is 639. The average Bonchev–Trinajstić information content (AvgIpc) is 2.57. The van der Waals surface area contributed by atoms with Gasteiger partial charge in [0.25, 0.3) is 5.91 Å². The number of carbonyl (C=O) groups excluding carboxylic acids is 1. The molecule has 1 aromatic carbocycles. The van der Waals surface area contributed by atoms with E-state index >= 15 is 0 Å². The van der Waals surface area contributed by atoms with Crippen molar-refractivity contribution in [2.75, 3.05) is 18.4 Å². The molecule has 1 aromatic heterocycles. The van der Waals surface area contributed by atoms with E-state index < -0.39 is 0 Å². The Balaban J connectivity index is 2.09. The molecule has 122 valence electrons. The Morgan fingerprint density at radius 1 is 1.09 bits per heavy atom. The molecule has 23 heavy (non-hydrogen) atoms. The zero-order valence-corrected chi connectivity index (χ0v) is 13.4. The van der Waals surface area contributed by atoms with E-state index in [9.17, 15) is 9.18 Å². The van der Waals surface area contributed by atoms with Gasteiger partial charge in [0, 0.05) is 13.1 Å². The highest BCUT2D eigenvalue weighted by Crippen LogP contribution is 2.17. The van der Waals surface area contributed by atoms with Crippen molar-refractivity contribution < 1.29 is 9.18 Å². The number of halogens is 1. The van der Waals surface area contributed by atoms with Crippen LogP contribution in [0.2, 0.25) is 0 Å². The summed E-state index contributed by atoms with van der Waals surface area (Å²) in [6.45, 7) is 5.46. The van der Waals surface area contributed by atoms with Crippen LogP contribution in [-0.4, -0.2) is 34.1 Å². The van der Waals surface area contributed by atoms with Crippen molar-refractivity contribution >= 4 is 17.4 Å². The van der Waals surface area contributed by atoms with Crippen molar-refractivity contribution in [3.05, 3.63) is 47.9 Å². The number of amides is 1. The Morgan fingerprint density at radius 2 is 1.78 bits per heavy atom. The Kier molecular flexibility index (Phi) is 6.02. The monoisotopic (exact) mass is 316 g/mol. The van der Waals surface area contributed by atoms with E-state index in [1.54, 1.807) is 35.2 Å². The molecule has 2 rings (SSSR count). The van der Waals surface area contributed by atoms with Crippen LogP contribution in [0.1, 0.15) is 37.2 Å². The fourth-order valence-corrected chi connectivity index (χ4v) is 2.23. The fraction of sp³-hybridized carbons (Fsp3) is 0.353. The van der Waals surface area contributed by atoms with Gasteiger partial charge >= 0.3 is 0 Å². The molecule has 1 amide bonds. The number of rotatable bonds is 7. The molecule has 0 radical (unpaired) electrons. The number of anilines is 2. The molecule has 0 bridgehead atoms. The minimum absolute atomic E-state index is 0.126. The van der Waals surface area contributed by atoms with Gasteiger partial charge in [-0.15, -0.1) is 10.2 Å². The molecular formula is C17H21FN4O. The Morgan fingerprint density at radius 3 is 2.35 bits per heavy atom. The van der Waals surface area contributed by atoms with Crippen molar-refractivity contribution in [1.29, 1.82) is 0 Å². The summed E-state index contributed by atoms with van der Waals surface area (Å²) in [4.78, 5) is 14.2. The highest BCUT2D eigenvalue weighted by atomic mass is 19.1. The number of benzene rings is 1. The molecule has 0 aliphatic rings. The second-order valence-corrected chi connectivity index (χ2v) is 5.20. The molecule has 2 aromatic rings. The first-order valence-corrected chi connectivity index (χ1v) is 7.80. The number of hydrogen-bond donors (Lipinski definition) is 1. The van der Waals surface area contributed by atoms with Gasteiger partial charge in [-0.1, -0.05) is 26.0 Å². The van der Waals surface area contributed by atoms with Crippen LogP contribution in [0, 0.1) is 5.82 Å². The summed E-state index contributed by atoms with van der Waals surface area (Å²) in [6, 6.07) is 9.55. The molecule has 0 aliphatic carbocycles. The number of nitrogens with one attached hydrogen (secondary N) is 1. The topological polar surface area (TPSA) is 58.1 Å². The average molecular weight is 316 g/mol. The van der Waals surface area contributed by atoms with E-state index in [1.165, 1.54) is 6.07 Å². The normalized spacial score (nSPS) is 10.4. The van der Waals surface area contributed by atoms with Gasteiger partial charge in [0.1, 0.15) is 5.82 Å². The third kappa shape index (κ3) is 4.48. The molecule has 6 heteroatoms. The first kappa shape index (κ1) is 16.9. The van der Waals surface area contributed by atoms with Crippen LogP contribution in [-0.2, 0) is 0 Å². The predicted octanol–water partition coefficient (Wildman–Crippen LogP) is 3.62. The van der Waals surface area contributed by atoms with E-state index in [1.807, 2.05) is 13.8 Å². The summed E-state index contributed by atoms with van der Waals surface area (Å²) in [6.07, 6.45) is 1.79. The summed E-state index contributed by atoms with van der Waals surface area (Å²) in [5.41, 5.74) is 0.616. The maximum absolute atomic E-state index is 13.6.